The van der Waals surface area contributed by atoms with E-state index in [-0.39, 0.29) is 11.7 Å². The van der Waals surface area contributed by atoms with Crippen molar-refractivity contribution in [3.8, 4) is 11.5 Å². The summed E-state index contributed by atoms with van der Waals surface area (Å²) in [4.78, 5) is 28.6. The Morgan fingerprint density at radius 3 is 2.19 bits per heavy atom. The molecule has 1 heterocycles. The molecule has 164 valence electrons. The van der Waals surface area contributed by atoms with E-state index >= 15 is 0 Å². The number of ether oxygens (including phenoxy) is 1. The van der Waals surface area contributed by atoms with Crippen LogP contribution >= 0.6 is 0 Å². The van der Waals surface area contributed by atoms with Crippen LogP contribution in [0.15, 0.2) is 78.9 Å². The standard InChI is InChI=1S/C26H27N3O3/c1-20(30)21-11-13-22(14-12-21)29-17-15-28(16-18-29)19-26(31)27-24-9-5-6-10-25(24)32-23-7-3-2-4-8-23/h2-14H,15-19H2,1H3,(H,27,31). The minimum absolute atomic E-state index is 0.0617. The maximum atomic E-state index is 12.7. The monoisotopic (exact) mass is 429 g/mol. The van der Waals surface area contributed by atoms with Crippen LogP contribution in [0.25, 0.3) is 0 Å². The highest BCUT2D eigenvalue weighted by Gasteiger charge is 2.20. The van der Waals surface area contributed by atoms with Crippen molar-refractivity contribution in [3.63, 3.8) is 0 Å². The number of benzene rings is 3. The van der Waals surface area contributed by atoms with Gasteiger partial charge in [0.25, 0.3) is 0 Å². The first-order chi connectivity index (χ1) is 15.6. The van der Waals surface area contributed by atoms with Crippen molar-refractivity contribution in [3.05, 3.63) is 84.4 Å². The second-order valence-corrected chi connectivity index (χ2v) is 7.83. The molecule has 0 aliphatic carbocycles. The van der Waals surface area contributed by atoms with Gasteiger partial charge in [0.15, 0.2) is 11.5 Å². The lowest BCUT2D eigenvalue weighted by Crippen LogP contribution is -2.48. The molecule has 1 fully saturated rings. The number of ketones is 1. The van der Waals surface area contributed by atoms with Crippen molar-refractivity contribution < 1.29 is 14.3 Å². The zero-order valence-corrected chi connectivity index (χ0v) is 18.2. The van der Waals surface area contributed by atoms with E-state index in [0.29, 0.717) is 18.0 Å². The van der Waals surface area contributed by atoms with E-state index < -0.39 is 0 Å². The van der Waals surface area contributed by atoms with Gasteiger partial charge < -0.3 is 15.0 Å². The third kappa shape index (κ3) is 5.53. The Hall–Kier alpha value is -3.64. The molecule has 0 unspecified atom stereocenters. The van der Waals surface area contributed by atoms with E-state index in [1.54, 1.807) is 6.92 Å². The first-order valence-corrected chi connectivity index (χ1v) is 10.8. The van der Waals surface area contributed by atoms with E-state index in [4.69, 9.17) is 4.74 Å². The molecule has 3 aromatic carbocycles. The quantitative estimate of drug-likeness (QED) is 0.563. The number of hydrogen-bond donors (Lipinski definition) is 1. The molecule has 6 nitrogen and oxygen atoms in total. The summed E-state index contributed by atoms with van der Waals surface area (Å²) in [6.07, 6.45) is 0. The van der Waals surface area contributed by atoms with Crippen molar-refractivity contribution in [2.24, 2.45) is 0 Å². The fourth-order valence-electron chi connectivity index (χ4n) is 3.74. The molecule has 1 amide bonds. The zero-order valence-electron chi connectivity index (χ0n) is 18.2. The Morgan fingerprint density at radius 2 is 1.50 bits per heavy atom. The number of amides is 1. The molecule has 3 aromatic rings. The Bertz CT molecular complexity index is 1060. The number of hydrogen-bond acceptors (Lipinski definition) is 5. The number of rotatable bonds is 7. The highest BCUT2D eigenvalue weighted by molar-refractivity contribution is 5.94. The Labute approximate surface area is 188 Å². The molecule has 0 spiro atoms. The van der Waals surface area contributed by atoms with E-state index in [9.17, 15) is 9.59 Å². The number of para-hydroxylation sites is 3. The summed E-state index contributed by atoms with van der Waals surface area (Å²) in [6, 6.07) is 24.7. The van der Waals surface area contributed by atoms with E-state index in [0.717, 1.165) is 43.2 Å². The van der Waals surface area contributed by atoms with Crippen LogP contribution in [-0.4, -0.2) is 49.3 Å². The van der Waals surface area contributed by atoms with Crippen molar-refractivity contribution in [1.82, 2.24) is 4.90 Å². The second-order valence-electron chi connectivity index (χ2n) is 7.83. The molecule has 6 heteroatoms. The smallest absolute Gasteiger partial charge is 0.238 e. The Balaban J connectivity index is 1.30. The van der Waals surface area contributed by atoms with Crippen LogP contribution in [0.5, 0.6) is 11.5 Å². The van der Waals surface area contributed by atoms with Crippen molar-refractivity contribution in [2.75, 3.05) is 42.9 Å². The highest BCUT2D eigenvalue weighted by Crippen LogP contribution is 2.29. The molecule has 1 saturated heterocycles. The number of carbonyl (C=O) groups excluding carboxylic acids is 2. The summed E-state index contributed by atoms with van der Waals surface area (Å²) in [7, 11) is 0. The number of piperazine rings is 1. The van der Waals surface area contributed by atoms with Gasteiger partial charge in [-0.05, 0) is 55.5 Å². The average Bonchev–Trinajstić information content (AvgIpc) is 2.81. The Morgan fingerprint density at radius 1 is 0.844 bits per heavy atom. The number of Topliss-reactive ketones (excluding diaryl/α,β-unsaturated/α-hetero) is 1. The molecular weight excluding hydrogens is 402 g/mol. The van der Waals surface area contributed by atoms with E-state index in [1.165, 1.54) is 0 Å². The van der Waals surface area contributed by atoms with Crippen LogP contribution in [0.1, 0.15) is 17.3 Å². The SMILES string of the molecule is CC(=O)c1ccc(N2CCN(CC(=O)Nc3ccccc3Oc3ccccc3)CC2)cc1. The van der Waals surface area contributed by atoms with Gasteiger partial charge in [-0.25, -0.2) is 0 Å². The second kappa shape index (κ2) is 10.1. The predicted octanol–water partition coefficient (Wildman–Crippen LogP) is 4.44. The molecule has 1 aliphatic rings. The molecule has 0 radical (unpaired) electrons. The zero-order chi connectivity index (χ0) is 22.3. The maximum absolute atomic E-state index is 12.7. The summed E-state index contributed by atoms with van der Waals surface area (Å²) in [5.41, 5.74) is 2.48. The number of nitrogens with zero attached hydrogens (tertiary/aromatic N) is 2. The molecule has 0 atom stereocenters. The lowest BCUT2D eigenvalue weighted by Gasteiger charge is -2.35. The lowest BCUT2D eigenvalue weighted by atomic mass is 10.1. The molecular formula is C26H27N3O3. The molecule has 32 heavy (non-hydrogen) atoms. The van der Waals surface area contributed by atoms with Gasteiger partial charge in [0.05, 0.1) is 12.2 Å². The van der Waals surface area contributed by atoms with E-state index in [1.807, 2.05) is 78.9 Å². The van der Waals surface area contributed by atoms with Crippen molar-refractivity contribution in [2.45, 2.75) is 6.92 Å². The van der Waals surface area contributed by atoms with Crippen molar-refractivity contribution in [1.29, 1.82) is 0 Å². The first kappa shape index (κ1) is 21.6. The number of carbonyl (C=O) groups is 2. The van der Waals surface area contributed by atoms with Gasteiger partial charge in [0.1, 0.15) is 5.75 Å². The summed E-state index contributed by atoms with van der Waals surface area (Å²) >= 11 is 0. The summed E-state index contributed by atoms with van der Waals surface area (Å²) in [5.74, 6) is 1.35. The van der Waals surface area contributed by atoms with Gasteiger partial charge in [-0.3, -0.25) is 14.5 Å². The molecule has 1 aliphatic heterocycles. The lowest BCUT2D eigenvalue weighted by molar-refractivity contribution is -0.117. The number of anilines is 2. The third-order valence-corrected chi connectivity index (χ3v) is 5.51. The van der Waals surface area contributed by atoms with Crippen LogP contribution in [-0.2, 0) is 4.79 Å². The van der Waals surface area contributed by atoms with Gasteiger partial charge in [-0.1, -0.05) is 30.3 Å². The Kier molecular flexibility index (Phi) is 6.82. The molecule has 0 aromatic heterocycles. The van der Waals surface area contributed by atoms with Crippen LogP contribution in [0.3, 0.4) is 0 Å². The summed E-state index contributed by atoms with van der Waals surface area (Å²) in [5, 5.41) is 2.99. The average molecular weight is 430 g/mol. The van der Waals surface area contributed by atoms with E-state index in [2.05, 4.69) is 15.1 Å². The minimum atomic E-state index is -0.0617. The minimum Gasteiger partial charge on any atom is -0.455 e. The predicted molar refractivity (Wildman–Crippen MR) is 127 cm³/mol. The van der Waals surface area contributed by atoms with Crippen LogP contribution in [0.4, 0.5) is 11.4 Å². The molecule has 0 bridgehead atoms. The fraction of sp³-hybridized carbons (Fsp3) is 0.231. The van der Waals surface area contributed by atoms with Gasteiger partial charge in [0.2, 0.25) is 5.91 Å². The fourth-order valence-corrected chi connectivity index (χ4v) is 3.74. The van der Waals surface area contributed by atoms with Crippen LogP contribution < -0.4 is 15.0 Å². The topological polar surface area (TPSA) is 61.9 Å². The maximum Gasteiger partial charge on any atom is 0.238 e. The van der Waals surface area contributed by atoms with Gasteiger partial charge in [-0.2, -0.15) is 0 Å². The molecule has 1 N–H and O–H groups in total. The van der Waals surface area contributed by atoms with Gasteiger partial charge in [0, 0.05) is 37.4 Å². The first-order valence-electron chi connectivity index (χ1n) is 10.8. The van der Waals surface area contributed by atoms with Crippen LogP contribution in [0, 0.1) is 0 Å². The molecule has 0 saturated carbocycles. The summed E-state index contributed by atoms with van der Waals surface area (Å²) in [6.45, 7) is 5.16. The van der Waals surface area contributed by atoms with Gasteiger partial charge >= 0.3 is 0 Å². The van der Waals surface area contributed by atoms with Crippen molar-refractivity contribution >= 4 is 23.1 Å². The number of nitrogens with one attached hydrogen (secondary N) is 1. The summed E-state index contributed by atoms with van der Waals surface area (Å²) < 4.78 is 5.93. The molecule has 4 rings (SSSR count). The highest BCUT2D eigenvalue weighted by atomic mass is 16.5. The third-order valence-electron chi connectivity index (χ3n) is 5.51. The van der Waals surface area contributed by atoms with Crippen LogP contribution in [0.2, 0.25) is 0 Å². The normalized spacial score (nSPS) is 14.1. The largest absolute Gasteiger partial charge is 0.455 e. The van der Waals surface area contributed by atoms with Gasteiger partial charge in [-0.15, -0.1) is 0 Å².